The molecule has 6 nitrogen and oxygen atoms in total. The van der Waals surface area contributed by atoms with Crippen molar-refractivity contribution in [2.24, 2.45) is 5.92 Å². The number of nitrogens with zero attached hydrogens (tertiary/aromatic N) is 2. The molecule has 1 amide bonds. The SMILES string of the molecule is C[C@H]1COc2ccc(CN(C3CC3)S(C)(=O)=O)cc2CN1C(=O)C1CC1. The highest BCUT2D eigenvalue weighted by molar-refractivity contribution is 7.88. The second-order valence-corrected chi connectivity index (χ2v) is 9.82. The molecule has 1 aromatic rings. The first-order chi connectivity index (χ1) is 12.3. The van der Waals surface area contributed by atoms with Crippen molar-refractivity contribution in [1.82, 2.24) is 9.21 Å². The van der Waals surface area contributed by atoms with Gasteiger partial charge in [0.15, 0.2) is 0 Å². The fraction of sp³-hybridized carbons (Fsp3) is 0.632. The Morgan fingerprint density at radius 1 is 1.27 bits per heavy atom. The molecule has 1 heterocycles. The smallest absolute Gasteiger partial charge is 0.226 e. The molecular formula is C19H26N2O4S. The molecule has 4 rings (SSSR count). The molecule has 7 heteroatoms. The normalized spacial score (nSPS) is 23.3. The summed E-state index contributed by atoms with van der Waals surface area (Å²) in [4.78, 5) is 14.5. The summed E-state index contributed by atoms with van der Waals surface area (Å²) < 4.78 is 31.6. The highest BCUT2D eigenvalue weighted by Gasteiger charge is 2.37. The van der Waals surface area contributed by atoms with E-state index in [0.717, 1.165) is 42.6 Å². The number of carbonyl (C=O) groups is 1. The van der Waals surface area contributed by atoms with Gasteiger partial charge in [-0.25, -0.2) is 8.42 Å². The highest BCUT2D eigenvalue weighted by atomic mass is 32.2. The van der Waals surface area contributed by atoms with Crippen LogP contribution in [0.4, 0.5) is 0 Å². The fourth-order valence-electron chi connectivity index (χ4n) is 3.55. The van der Waals surface area contributed by atoms with E-state index in [0.29, 0.717) is 19.7 Å². The Kier molecular flexibility index (Phi) is 4.47. The standard InChI is InChI=1S/C19H26N2O4S/c1-13-12-25-18-8-3-14(10-21(17-6-7-17)26(2,23)24)9-16(18)11-20(13)19(22)15-4-5-15/h3,8-9,13,15,17H,4-7,10-12H2,1-2H3/t13-/m0/s1. The number of carbonyl (C=O) groups excluding carboxylic acids is 1. The summed E-state index contributed by atoms with van der Waals surface area (Å²) in [5, 5.41) is 0. The van der Waals surface area contributed by atoms with E-state index in [1.54, 1.807) is 4.31 Å². The maximum atomic E-state index is 12.6. The molecule has 2 saturated carbocycles. The molecule has 26 heavy (non-hydrogen) atoms. The Labute approximate surface area is 155 Å². The Morgan fingerprint density at radius 3 is 2.62 bits per heavy atom. The Hall–Kier alpha value is -1.60. The third kappa shape index (κ3) is 3.74. The fourth-order valence-corrected chi connectivity index (χ4v) is 4.69. The number of rotatable bonds is 5. The Balaban J connectivity index is 1.57. The van der Waals surface area contributed by atoms with Gasteiger partial charge in [0.25, 0.3) is 0 Å². The molecule has 1 aliphatic heterocycles. The molecule has 0 unspecified atom stereocenters. The topological polar surface area (TPSA) is 66.9 Å². The third-order valence-corrected chi connectivity index (χ3v) is 6.69. The van der Waals surface area contributed by atoms with E-state index in [2.05, 4.69) is 0 Å². The average molecular weight is 378 g/mol. The van der Waals surface area contributed by atoms with Crippen LogP contribution in [0.3, 0.4) is 0 Å². The minimum Gasteiger partial charge on any atom is -0.491 e. The predicted molar refractivity (Wildman–Crippen MR) is 98.1 cm³/mol. The van der Waals surface area contributed by atoms with Crippen molar-refractivity contribution < 1.29 is 17.9 Å². The first-order valence-corrected chi connectivity index (χ1v) is 11.2. The number of sulfonamides is 1. The zero-order valence-corrected chi connectivity index (χ0v) is 16.2. The molecule has 1 atom stereocenters. The number of hydrogen-bond donors (Lipinski definition) is 0. The molecule has 0 aromatic heterocycles. The van der Waals surface area contributed by atoms with E-state index in [4.69, 9.17) is 4.74 Å². The van der Waals surface area contributed by atoms with Gasteiger partial charge in [-0.3, -0.25) is 4.79 Å². The van der Waals surface area contributed by atoms with E-state index < -0.39 is 10.0 Å². The first-order valence-electron chi connectivity index (χ1n) is 9.35. The van der Waals surface area contributed by atoms with E-state index >= 15 is 0 Å². The lowest BCUT2D eigenvalue weighted by Crippen LogP contribution is -2.40. The molecule has 1 aromatic carbocycles. The second-order valence-electron chi connectivity index (χ2n) is 7.88. The van der Waals surface area contributed by atoms with Crippen LogP contribution >= 0.6 is 0 Å². The minimum absolute atomic E-state index is 0.0398. The summed E-state index contributed by atoms with van der Waals surface area (Å²) >= 11 is 0. The van der Waals surface area contributed by atoms with E-state index in [-0.39, 0.29) is 23.9 Å². The molecule has 3 aliphatic rings. The molecule has 0 bridgehead atoms. The van der Waals surface area contributed by atoms with Gasteiger partial charge in [-0.15, -0.1) is 0 Å². The molecular weight excluding hydrogens is 352 g/mol. The van der Waals surface area contributed by atoms with Crippen molar-refractivity contribution in [3.05, 3.63) is 29.3 Å². The predicted octanol–water partition coefficient (Wildman–Crippen LogP) is 2.13. The van der Waals surface area contributed by atoms with Crippen molar-refractivity contribution in [2.75, 3.05) is 12.9 Å². The first kappa shape index (κ1) is 17.8. The Morgan fingerprint density at radius 2 is 2.00 bits per heavy atom. The largest absolute Gasteiger partial charge is 0.491 e. The van der Waals surface area contributed by atoms with E-state index in [1.165, 1.54) is 6.26 Å². The lowest BCUT2D eigenvalue weighted by atomic mass is 10.1. The van der Waals surface area contributed by atoms with Crippen LogP contribution in [0.25, 0.3) is 0 Å². The lowest BCUT2D eigenvalue weighted by Gasteiger charge is -2.26. The summed E-state index contributed by atoms with van der Waals surface area (Å²) in [6.07, 6.45) is 5.11. The molecule has 0 N–H and O–H groups in total. The van der Waals surface area contributed by atoms with Gasteiger partial charge in [-0.2, -0.15) is 4.31 Å². The van der Waals surface area contributed by atoms with Gasteiger partial charge in [-0.05, 0) is 50.3 Å². The maximum absolute atomic E-state index is 12.6. The van der Waals surface area contributed by atoms with Crippen molar-refractivity contribution >= 4 is 15.9 Å². The highest BCUT2D eigenvalue weighted by Crippen LogP contribution is 2.35. The van der Waals surface area contributed by atoms with Crippen molar-refractivity contribution in [3.8, 4) is 5.75 Å². The molecule has 0 spiro atoms. The van der Waals surface area contributed by atoms with Gasteiger partial charge in [0, 0.05) is 30.6 Å². The van der Waals surface area contributed by atoms with Crippen LogP contribution in [0.15, 0.2) is 18.2 Å². The van der Waals surface area contributed by atoms with Crippen LogP contribution in [-0.2, 0) is 27.9 Å². The zero-order valence-electron chi connectivity index (χ0n) is 15.3. The van der Waals surface area contributed by atoms with Crippen LogP contribution in [0.1, 0.15) is 43.7 Å². The van der Waals surface area contributed by atoms with Gasteiger partial charge in [0.1, 0.15) is 12.4 Å². The number of ether oxygens (including phenoxy) is 1. The lowest BCUT2D eigenvalue weighted by molar-refractivity contribution is -0.135. The molecule has 2 aliphatic carbocycles. The van der Waals surface area contributed by atoms with Crippen LogP contribution in [0, 0.1) is 5.92 Å². The molecule has 2 fully saturated rings. The van der Waals surface area contributed by atoms with E-state index in [1.807, 2.05) is 30.0 Å². The number of amides is 1. The summed E-state index contributed by atoms with van der Waals surface area (Å²) in [7, 11) is -3.23. The summed E-state index contributed by atoms with van der Waals surface area (Å²) in [6.45, 7) is 3.42. The van der Waals surface area contributed by atoms with Crippen LogP contribution in [0.2, 0.25) is 0 Å². The van der Waals surface area contributed by atoms with Crippen molar-refractivity contribution in [2.45, 2.75) is 57.8 Å². The maximum Gasteiger partial charge on any atom is 0.226 e. The summed E-state index contributed by atoms with van der Waals surface area (Å²) in [5.74, 6) is 1.19. The van der Waals surface area contributed by atoms with Crippen LogP contribution in [0.5, 0.6) is 5.75 Å². The quantitative estimate of drug-likeness (QED) is 0.787. The van der Waals surface area contributed by atoms with Gasteiger partial charge in [0.2, 0.25) is 15.9 Å². The van der Waals surface area contributed by atoms with Gasteiger partial charge in [-0.1, -0.05) is 6.07 Å². The van der Waals surface area contributed by atoms with E-state index in [9.17, 15) is 13.2 Å². The number of hydrogen-bond acceptors (Lipinski definition) is 4. The monoisotopic (exact) mass is 378 g/mol. The summed E-state index contributed by atoms with van der Waals surface area (Å²) in [6, 6.07) is 6.02. The zero-order chi connectivity index (χ0) is 18.5. The molecule has 0 saturated heterocycles. The summed E-state index contributed by atoms with van der Waals surface area (Å²) in [5.41, 5.74) is 1.91. The van der Waals surface area contributed by atoms with Crippen LogP contribution in [-0.4, -0.2) is 48.5 Å². The minimum atomic E-state index is -3.23. The number of benzene rings is 1. The molecule has 142 valence electrons. The van der Waals surface area contributed by atoms with Gasteiger partial charge < -0.3 is 9.64 Å². The van der Waals surface area contributed by atoms with Crippen molar-refractivity contribution in [3.63, 3.8) is 0 Å². The van der Waals surface area contributed by atoms with Gasteiger partial charge >= 0.3 is 0 Å². The average Bonchev–Trinajstić information content (AvgIpc) is 3.46. The van der Waals surface area contributed by atoms with Crippen LogP contribution < -0.4 is 4.74 Å². The second kappa shape index (κ2) is 6.53. The Bertz CT molecular complexity index is 815. The van der Waals surface area contributed by atoms with Crippen molar-refractivity contribution in [1.29, 1.82) is 0 Å². The third-order valence-electron chi connectivity index (χ3n) is 5.41. The van der Waals surface area contributed by atoms with Gasteiger partial charge in [0.05, 0.1) is 12.3 Å². The number of fused-ring (bicyclic) bond motifs is 1. The molecule has 0 radical (unpaired) electrons.